The van der Waals surface area contributed by atoms with Crippen LogP contribution >= 0.6 is 27.5 Å². The molecule has 2 rings (SSSR count). The molecule has 1 N–H and O–H groups in total. The van der Waals surface area contributed by atoms with Crippen molar-refractivity contribution < 1.29 is 13.2 Å². The summed E-state index contributed by atoms with van der Waals surface area (Å²) in [6, 6.07) is 12.2. The number of rotatable bonds is 6. The van der Waals surface area contributed by atoms with Gasteiger partial charge in [0.05, 0.1) is 11.6 Å². The van der Waals surface area contributed by atoms with Crippen LogP contribution in [0.1, 0.15) is 11.1 Å². The van der Waals surface area contributed by atoms with Gasteiger partial charge < -0.3 is 4.74 Å². The van der Waals surface area contributed by atoms with Gasteiger partial charge in [-0.3, -0.25) is 0 Å². The van der Waals surface area contributed by atoms with Crippen LogP contribution in [0.3, 0.4) is 0 Å². The minimum atomic E-state index is -3.67. The van der Waals surface area contributed by atoms with Crippen LogP contribution < -0.4 is 4.72 Å². The minimum Gasteiger partial charge on any atom is -0.380 e. The fourth-order valence-electron chi connectivity index (χ4n) is 1.95. The Hall–Kier alpha value is -0.920. The average Bonchev–Trinajstić information content (AvgIpc) is 2.46. The van der Waals surface area contributed by atoms with Gasteiger partial charge >= 0.3 is 0 Å². The van der Waals surface area contributed by atoms with E-state index in [2.05, 4.69) is 20.7 Å². The van der Waals surface area contributed by atoms with Gasteiger partial charge in [0.2, 0.25) is 10.0 Å². The second kappa shape index (κ2) is 7.57. The molecule has 0 radical (unpaired) electrons. The van der Waals surface area contributed by atoms with E-state index in [0.717, 1.165) is 15.6 Å². The van der Waals surface area contributed by atoms with Crippen molar-refractivity contribution in [2.45, 2.75) is 18.0 Å². The molecule has 0 spiro atoms. The topological polar surface area (TPSA) is 55.4 Å². The Kier molecular flexibility index (Phi) is 6.00. The third kappa shape index (κ3) is 4.54. The molecule has 0 saturated heterocycles. The Labute approximate surface area is 143 Å². The Morgan fingerprint density at radius 2 is 1.91 bits per heavy atom. The van der Waals surface area contributed by atoms with Crippen molar-refractivity contribution in [2.75, 3.05) is 7.11 Å². The number of nitrogens with one attached hydrogen (secondary N) is 1. The van der Waals surface area contributed by atoms with Crippen molar-refractivity contribution in [3.05, 3.63) is 63.1 Å². The van der Waals surface area contributed by atoms with Crippen LogP contribution in [0.25, 0.3) is 0 Å². The lowest BCUT2D eigenvalue weighted by molar-refractivity contribution is 0.185. The van der Waals surface area contributed by atoms with Gasteiger partial charge in [-0.1, -0.05) is 51.8 Å². The summed E-state index contributed by atoms with van der Waals surface area (Å²) < 4.78 is 33.0. The summed E-state index contributed by atoms with van der Waals surface area (Å²) in [6.07, 6.45) is 0. The molecule has 7 heteroatoms. The van der Waals surface area contributed by atoms with Gasteiger partial charge in [0.1, 0.15) is 4.90 Å². The number of ether oxygens (including phenoxy) is 1. The smallest absolute Gasteiger partial charge is 0.242 e. The molecule has 0 amide bonds. The molecule has 4 nitrogen and oxygen atoms in total. The highest BCUT2D eigenvalue weighted by atomic mass is 79.9. The van der Waals surface area contributed by atoms with E-state index in [-0.39, 0.29) is 16.5 Å². The largest absolute Gasteiger partial charge is 0.380 e. The maximum atomic E-state index is 12.3. The van der Waals surface area contributed by atoms with E-state index in [1.54, 1.807) is 19.2 Å². The molecule has 118 valence electrons. The monoisotopic (exact) mass is 403 g/mol. The van der Waals surface area contributed by atoms with Crippen LogP contribution in [0.15, 0.2) is 51.8 Å². The van der Waals surface area contributed by atoms with E-state index in [1.807, 2.05) is 24.3 Å². The van der Waals surface area contributed by atoms with Crippen molar-refractivity contribution in [1.82, 2.24) is 4.72 Å². The van der Waals surface area contributed by atoms with E-state index in [1.165, 1.54) is 6.07 Å². The van der Waals surface area contributed by atoms with E-state index in [0.29, 0.717) is 6.61 Å². The lowest BCUT2D eigenvalue weighted by Gasteiger charge is -2.09. The molecule has 0 bridgehead atoms. The van der Waals surface area contributed by atoms with E-state index in [4.69, 9.17) is 16.3 Å². The molecule has 0 aliphatic heterocycles. The second-order valence-corrected chi connectivity index (χ2v) is 7.71. The van der Waals surface area contributed by atoms with Gasteiger partial charge in [-0.2, -0.15) is 0 Å². The summed E-state index contributed by atoms with van der Waals surface area (Å²) >= 11 is 9.25. The molecule has 0 aliphatic carbocycles. The third-order valence-electron chi connectivity index (χ3n) is 2.95. The Morgan fingerprint density at radius 1 is 1.18 bits per heavy atom. The number of sulfonamides is 1. The van der Waals surface area contributed by atoms with E-state index >= 15 is 0 Å². The maximum absolute atomic E-state index is 12.3. The van der Waals surface area contributed by atoms with Gasteiger partial charge in [0, 0.05) is 18.1 Å². The summed E-state index contributed by atoms with van der Waals surface area (Å²) in [7, 11) is -2.05. The Balaban J connectivity index is 2.14. The van der Waals surface area contributed by atoms with E-state index < -0.39 is 10.0 Å². The summed E-state index contributed by atoms with van der Waals surface area (Å²) in [6.45, 7) is 0.672. The molecule has 0 aliphatic rings. The summed E-state index contributed by atoms with van der Waals surface area (Å²) in [5.41, 5.74) is 1.84. The molecule has 0 saturated carbocycles. The fourth-order valence-corrected chi connectivity index (χ4v) is 4.00. The molecular weight excluding hydrogens is 390 g/mol. The molecule has 2 aromatic carbocycles. The van der Waals surface area contributed by atoms with Gasteiger partial charge in [-0.15, -0.1) is 0 Å². The molecule has 0 heterocycles. The fraction of sp³-hybridized carbons (Fsp3) is 0.200. The molecule has 22 heavy (non-hydrogen) atoms. The van der Waals surface area contributed by atoms with Crippen molar-refractivity contribution in [1.29, 1.82) is 0 Å². The quantitative estimate of drug-likeness (QED) is 0.798. The number of halogens is 2. The highest BCUT2D eigenvalue weighted by Gasteiger charge is 2.17. The number of methoxy groups -OCH3 is 1. The van der Waals surface area contributed by atoms with Crippen molar-refractivity contribution in [3.8, 4) is 0 Å². The molecule has 0 atom stereocenters. The number of hydrogen-bond donors (Lipinski definition) is 1. The van der Waals surface area contributed by atoms with Crippen LogP contribution in [0.4, 0.5) is 0 Å². The van der Waals surface area contributed by atoms with Gasteiger partial charge in [0.25, 0.3) is 0 Å². The molecular formula is C15H15BrClNO3S. The first-order chi connectivity index (χ1) is 10.4. The summed E-state index contributed by atoms with van der Waals surface area (Å²) in [4.78, 5) is 0.0606. The zero-order valence-electron chi connectivity index (χ0n) is 11.8. The number of hydrogen-bond acceptors (Lipinski definition) is 3. The average molecular weight is 405 g/mol. The van der Waals surface area contributed by atoms with Crippen LogP contribution in [0, 0.1) is 0 Å². The van der Waals surface area contributed by atoms with Crippen LogP contribution in [0.2, 0.25) is 5.02 Å². The molecule has 0 aromatic heterocycles. The maximum Gasteiger partial charge on any atom is 0.242 e. The normalized spacial score (nSPS) is 11.6. The first kappa shape index (κ1) is 17.4. The van der Waals surface area contributed by atoms with Crippen molar-refractivity contribution in [3.63, 3.8) is 0 Å². The first-order valence-electron chi connectivity index (χ1n) is 6.44. The lowest BCUT2D eigenvalue weighted by Crippen LogP contribution is -2.23. The highest BCUT2D eigenvalue weighted by Crippen LogP contribution is 2.25. The van der Waals surface area contributed by atoms with Gasteiger partial charge in [0.15, 0.2) is 0 Å². The zero-order valence-corrected chi connectivity index (χ0v) is 15.0. The zero-order chi connectivity index (χ0) is 16.2. The third-order valence-corrected chi connectivity index (χ3v) is 5.33. The van der Waals surface area contributed by atoms with Crippen molar-refractivity contribution in [2.24, 2.45) is 0 Å². The van der Waals surface area contributed by atoms with Crippen LogP contribution in [0.5, 0.6) is 0 Å². The van der Waals surface area contributed by atoms with Gasteiger partial charge in [-0.25, -0.2) is 13.1 Å². The van der Waals surface area contributed by atoms with Crippen LogP contribution in [-0.4, -0.2) is 15.5 Å². The van der Waals surface area contributed by atoms with Crippen molar-refractivity contribution >= 4 is 37.6 Å². The SMILES string of the molecule is COCc1cccc(CNS(=O)(=O)c2ccc(Br)cc2Cl)c1. The Morgan fingerprint density at radius 3 is 2.59 bits per heavy atom. The first-order valence-corrected chi connectivity index (χ1v) is 9.09. The predicted octanol–water partition coefficient (Wildman–Crippen LogP) is 3.73. The predicted molar refractivity (Wildman–Crippen MR) is 90.3 cm³/mol. The highest BCUT2D eigenvalue weighted by molar-refractivity contribution is 9.10. The summed E-state index contributed by atoms with van der Waals surface area (Å²) in [5.74, 6) is 0. The summed E-state index contributed by atoms with van der Waals surface area (Å²) in [5, 5.41) is 0.176. The molecule has 2 aromatic rings. The lowest BCUT2D eigenvalue weighted by atomic mass is 10.1. The van der Waals surface area contributed by atoms with Gasteiger partial charge in [-0.05, 0) is 29.3 Å². The molecule has 0 fully saturated rings. The molecule has 0 unspecified atom stereocenters. The van der Waals surface area contributed by atoms with Crippen LogP contribution in [-0.2, 0) is 27.9 Å². The Bertz CT molecular complexity index is 765. The van der Waals surface area contributed by atoms with E-state index in [9.17, 15) is 8.42 Å². The minimum absolute atomic E-state index is 0.0606. The number of benzene rings is 2. The second-order valence-electron chi connectivity index (χ2n) is 4.65. The standard InChI is InChI=1S/C15H15BrClNO3S/c1-21-10-12-4-2-3-11(7-12)9-18-22(19,20)15-6-5-13(16)8-14(15)17/h2-8,18H,9-10H2,1H3.